The van der Waals surface area contributed by atoms with E-state index in [0.29, 0.717) is 19.8 Å². The highest BCUT2D eigenvalue weighted by Gasteiger charge is 2.31. The Morgan fingerprint density at radius 1 is 1.32 bits per heavy atom. The Hall–Kier alpha value is -1.59. The molecule has 1 atom stereocenters. The van der Waals surface area contributed by atoms with Gasteiger partial charge in [0.2, 0.25) is 0 Å². The first-order valence-corrected chi connectivity index (χ1v) is 6.70. The van der Waals surface area contributed by atoms with E-state index in [1.165, 1.54) is 0 Å². The second kappa shape index (κ2) is 7.76. The van der Waals surface area contributed by atoms with Crippen LogP contribution in [0.3, 0.4) is 0 Å². The van der Waals surface area contributed by atoms with Crippen LogP contribution in [0.4, 0.5) is 0 Å². The normalized spacial score (nSPS) is 16.6. The van der Waals surface area contributed by atoms with Crippen LogP contribution in [-0.2, 0) is 19.1 Å². The predicted molar refractivity (Wildman–Crippen MR) is 71.0 cm³/mol. The summed E-state index contributed by atoms with van der Waals surface area (Å²) in [6.07, 6.45) is 0.871. The van der Waals surface area contributed by atoms with Crippen molar-refractivity contribution in [1.29, 1.82) is 0 Å². The average Bonchev–Trinajstić information content (AvgIpc) is 2.37. The number of carbonyl (C=O) groups excluding carboxylic acids is 2. The van der Waals surface area contributed by atoms with Gasteiger partial charge < -0.3 is 14.4 Å². The van der Waals surface area contributed by atoms with E-state index in [1.807, 2.05) is 11.8 Å². The fourth-order valence-corrected chi connectivity index (χ4v) is 2.05. The van der Waals surface area contributed by atoms with Crippen LogP contribution in [0.1, 0.15) is 33.6 Å². The number of hydrogen-bond acceptors (Lipinski definition) is 6. The van der Waals surface area contributed by atoms with Crippen LogP contribution in [0.5, 0.6) is 0 Å². The van der Waals surface area contributed by atoms with Crippen LogP contribution in [-0.4, -0.2) is 55.0 Å². The molecule has 0 amide bonds. The summed E-state index contributed by atoms with van der Waals surface area (Å²) in [5.41, 5.74) is 0. The Morgan fingerprint density at radius 3 is 2.58 bits per heavy atom. The van der Waals surface area contributed by atoms with Crippen LogP contribution in [0.15, 0.2) is 4.99 Å². The number of amidine groups is 1. The topological polar surface area (TPSA) is 68.2 Å². The van der Waals surface area contributed by atoms with E-state index in [1.54, 1.807) is 13.8 Å². The molecular weight excluding hydrogens is 248 g/mol. The molecule has 0 fully saturated rings. The summed E-state index contributed by atoms with van der Waals surface area (Å²) in [5.74, 6) is -0.0143. The van der Waals surface area contributed by atoms with Crippen LogP contribution >= 0.6 is 0 Å². The Morgan fingerprint density at radius 2 is 2.00 bits per heavy atom. The SMILES string of the molecule is CCOC(=O)CC(C(=O)OCC)N1CCCN=C1C. The molecule has 1 rings (SSSR count). The summed E-state index contributed by atoms with van der Waals surface area (Å²) in [6.45, 7) is 7.40. The number of rotatable bonds is 6. The zero-order valence-corrected chi connectivity index (χ0v) is 11.8. The second-order valence-electron chi connectivity index (χ2n) is 4.25. The minimum atomic E-state index is -0.636. The molecule has 0 aromatic carbocycles. The molecule has 6 heteroatoms. The third-order valence-electron chi connectivity index (χ3n) is 2.91. The van der Waals surface area contributed by atoms with E-state index in [4.69, 9.17) is 9.47 Å². The molecular formula is C13H22N2O4. The first-order chi connectivity index (χ1) is 9.10. The Bertz CT molecular complexity index is 355. The molecule has 0 saturated carbocycles. The average molecular weight is 270 g/mol. The summed E-state index contributed by atoms with van der Waals surface area (Å²) >= 11 is 0. The lowest BCUT2D eigenvalue weighted by atomic mass is 10.1. The Balaban J connectivity index is 2.79. The van der Waals surface area contributed by atoms with Gasteiger partial charge in [0.1, 0.15) is 6.04 Å². The molecule has 108 valence electrons. The number of esters is 2. The fraction of sp³-hybridized carbons (Fsp3) is 0.769. The molecule has 0 N–H and O–H groups in total. The quantitative estimate of drug-likeness (QED) is 0.673. The highest BCUT2D eigenvalue weighted by molar-refractivity contribution is 5.89. The van der Waals surface area contributed by atoms with E-state index in [9.17, 15) is 9.59 Å². The highest BCUT2D eigenvalue weighted by Crippen LogP contribution is 2.13. The van der Waals surface area contributed by atoms with Crippen molar-refractivity contribution >= 4 is 17.8 Å². The van der Waals surface area contributed by atoms with Gasteiger partial charge in [0.15, 0.2) is 0 Å². The molecule has 0 bridgehead atoms. The Labute approximate surface area is 113 Å². The number of hydrogen-bond donors (Lipinski definition) is 0. The van der Waals surface area contributed by atoms with Crippen LogP contribution in [0, 0.1) is 0 Å². The van der Waals surface area contributed by atoms with Crippen molar-refractivity contribution in [2.75, 3.05) is 26.3 Å². The van der Waals surface area contributed by atoms with Gasteiger partial charge in [-0.2, -0.15) is 0 Å². The molecule has 19 heavy (non-hydrogen) atoms. The second-order valence-corrected chi connectivity index (χ2v) is 4.25. The van der Waals surface area contributed by atoms with Crippen LogP contribution in [0.25, 0.3) is 0 Å². The minimum absolute atomic E-state index is 0.000463. The molecule has 0 spiro atoms. The molecule has 0 aromatic heterocycles. The first-order valence-electron chi connectivity index (χ1n) is 6.70. The molecule has 0 saturated heterocycles. The summed E-state index contributed by atoms with van der Waals surface area (Å²) in [7, 11) is 0. The third-order valence-corrected chi connectivity index (χ3v) is 2.91. The summed E-state index contributed by atoms with van der Waals surface area (Å²) in [4.78, 5) is 29.8. The van der Waals surface area contributed by atoms with Gasteiger partial charge in [-0.1, -0.05) is 0 Å². The summed E-state index contributed by atoms with van der Waals surface area (Å²) in [6, 6.07) is -0.636. The molecule has 6 nitrogen and oxygen atoms in total. The monoisotopic (exact) mass is 270 g/mol. The van der Waals surface area contributed by atoms with Crippen molar-refractivity contribution in [2.24, 2.45) is 4.99 Å². The van der Waals surface area contributed by atoms with Gasteiger partial charge in [-0.15, -0.1) is 0 Å². The molecule has 1 heterocycles. The lowest BCUT2D eigenvalue weighted by Gasteiger charge is -2.33. The van der Waals surface area contributed by atoms with Gasteiger partial charge in [-0.25, -0.2) is 4.79 Å². The number of ether oxygens (including phenoxy) is 2. The maximum atomic E-state index is 12.0. The van der Waals surface area contributed by atoms with Crippen molar-refractivity contribution < 1.29 is 19.1 Å². The first kappa shape index (κ1) is 15.5. The van der Waals surface area contributed by atoms with Gasteiger partial charge >= 0.3 is 11.9 Å². The fourth-order valence-electron chi connectivity index (χ4n) is 2.05. The van der Waals surface area contributed by atoms with Crippen molar-refractivity contribution in [3.63, 3.8) is 0 Å². The zero-order chi connectivity index (χ0) is 14.3. The molecule has 1 aliphatic heterocycles. The summed E-state index contributed by atoms with van der Waals surface area (Å²) < 4.78 is 9.95. The van der Waals surface area contributed by atoms with E-state index in [0.717, 1.165) is 18.8 Å². The van der Waals surface area contributed by atoms with E-state index >= 15 is 0 Å². The van der Waals surface area contributed by atoms with Crippen molar-refractivity contribution in [2.45, 2.75) is 39.7 Å². The number of carbonyl (C=O) groups is 2. The summed E-state index contributed by atoms with van der Waals surface area (Å²) in [5, 5.41) is 0. The molecule has 0 radical (unpaired) electrons. The van der Waals surface area contributed by atoms with Crippen LogP contribution in [0.2, 0.25) is 0 Å². The number of nitrogens with zero attached hydrogens (tertiary/aromatic N) is 2. The number of aliphatic imine (C=N–C) groups is 1. The predicted octanol–water partition coefficient (Wildman–Crippen LogP) is 0.995. The van der Waals surface area contributed by atoms with Gasteiger partial charge in [-0.05, 0) is 27.2 Å². The van der Waals surface area contributed by atoms with Gasteiger partial charge in [0, 0.05) is 13.1 Å². The lowest BCUT2D eigenvalue weighted by Crippen LogP contribution is -2.48. The largest absolute Gasteiger partial charge is 0.466 e. The smallest absolute Gasteiger partial charge is 0.329 e. The van der Waals surface area contributed by atoms with Gasteiger partial charge in [-0.3, -0.25) is 9.79 Å². The standard InChI is InChI=1S/C13H22N2O4/c1-4-18-12(16)9-11(13(17)19-5-2)15-8-6-7-14-10(15)3/h11H,4-9H2,1-3H3. The molecule has 1 aliphatic rings. The van der Waals surface area contributed by atoms with E-state index < -0.39 is 12.0 Å². The van der Waals surface area contributed by atoms with Crippen molar-refractivity contribution in [3.05, 3.63) is 0 Å². The van der Waals surface area contributed by atoms with Crippen molar-refractivity contribution in [3.8, 4) is 0 Å². The Kier molecular flexibility index (Phi) is 6.32. The molecule has 1 unspecified atom stereocenters. The third kappa shape index (κ3) is 4.54. The zero-order valence-electron chi connectivity index (χ0n) is 11.8. The van der Waals surface area contributed by atoms with Gasteiger partial charge in [0.25, 0.3) is 0 Å². The van der Waals surface area contributed by atoms with Crippen LogP contribution < -0.4 is 0 Å². The highest BCUT2D eigenvalue weighted by atomic mass is 16.5. The molecule has 0 aliphatic carbocycles. The minimum Gasteiger partial charge on any atom is -0.466 e. The van der Waals surface area contributed by atoms with E-state index in [2.05, 4.69) is 4.99 Å². The molecule has 0 aromatic rings. The van der Waals surface area contributed by atoms with Gasteiger partial charge in [0.05, 0.1) is 25.5 Å². The van der Waals surface area contributed by atoms with E-state index in [-0.39, 0.29) is 12.4 Å². The maximum Gasteiger partial charge on any atom is 0.329 e. The van der Waals surface area contributed by atoms with Crippen molar-refractivity contribution in [1.82, 2.24) is 4.90 Å². The maximum absolute atomic E-state index is 12.0. The lowest BCUT2D eigenvalue weighted by molar-refractivity contribution is -0.154.